The topological polar surface area (TPSA) is 149 Å². The number of carbonyl (C=O) groups is 2. The van der Waals surface area contributed by atoms with E-state index < -0.39 is 35.9 Å². The number of phenolic OH excluding ortho intramolecular Hbond substituents is 1. The first-order valence-electron chi connectivity index (χ1n) is 18.3. The third kappa shape index (κ3) is 9.19. The molecule has 4 saturated heterocycles. The Bertz CT molecular complexity index is 1770. The molecule has 298 valence electrons. The number of phenols is 1. The van der Waals surface area contributed by atoms with E-state index in [-0.39, 0.29) is 55.4 Å². The van der Waals surface area contributed by atoms with Gasteiger partial charge >= 0.3 is 11.9 Å². The van der Waals surface area contributed by atoms with Gasteiger partial charge in [-0.3, -0.25) is 19.5 Å². The average Bonchev–Trinajstić information content (AvgIpc) is 3.35. The predicted octanol–water partition coefficient (Wildman–Crippen LogP) is 8.63. The maximum Gasteiger partial charge on any atom is 0.308 e. The van der Waals surface area contributed by atoms with Crippen LogP contribution in [-0.2, 0) is 40.1 Å². The second-order valence-electron chi connectivity index (χ2n) is 14.6. The minimum Gasteiger partial charge on any atom is -0.508 e. The molecule has 15 heteroatoms. The molecule has 2 aromatic carbocycles. The van der Waals surface area contributed by atoms with Crippen LogP contribution in [0.3, 0.4) is 0 Å². The predicted molar refractivity (Wildman–Crippen MR) is 209 cm³/mol. The normalized spacial score (nSPS) is 29.4. The van der Waals surface area contributed by atoms with Gasteiger partial charge in [0.15, 0.2) is 11.9 Å². The first-order chi connectivity index (χ1) is 24.9. The zero-order valence-corrected chi connectivity index (χ0v) is 33.7. The van der Waals surface area contributed by atoms with Gasteiger partial charge < -0.3 is 29.7 Å². The first-order valence-corrected chi connectivity index (χ1v) is 18.7. The fourth-order valence-electron chi connectivity index (χ4n) is 8.27. The Morgan fingerprint density at radius 3 is 2.50 bits per heavy atom. The highest BCUT2D eigenvalue weighted by atomic mass is 35.5. The third-order valence-corrected chi connectivity index (χ3v) is 11.5. The quantitative estimate of drug-likeness (QED) is 0.102. The van der Waals surface area contributed by atoms with E-state index in [4.69, 9.17) is 40.7 Å². The molecule has 0 radical (unpaired) electrons. The summed E-state index contributed by atoms with van der Waals surface area (Å²) >= 11 is 6.05. The van der Waals surface area contributed by atoms with Crippen molar-refractivity contribution in [2.75, 3.05) is 18.4 Å². The van der Waals surface area contributed by atoms with Crippen molar-refractivity contribution in [3.8, 4) is 5.75 Å². The number of anilines is 2. The number of benzene rings is 2. The third-order valence-electron chi connectivity index (χ3n) is 11.2. The lowest BCUT2D eigenvalue weighted by atomic mass is 9.58. The second-order valence-corrected chi connectivity index (χ2v) is 15.0. The smallest absolute Gasteiger partial charge is 0.308 e. The standard InChI is InChI=1S/C20H22ClN3O.C19H28O8.2ClH/c1-3-24(4-2)13-14-11-16(6-8-20(14)25)23-18-9-10-22-19-12-15(21)5-7-17(18)19;1-10-4-5-13-11(2)16(23-15(22)7-6-14(20)21)24-17-19(13)12(10)8-9-18(3,25-17)26-27-19;;/h5-12,25H,3-4,13H2,1-2H3,(H,22,23);10-13,16-17H,4-9H2,1-3H3,(H,20,21);2*1H/t;10-,11-,12+,13+,16+,17-,18+,19-;;/m.1../s1. The summed E-state index contributed by atoms with van der Waals surface area (Å²) in [6.45, 7) is 12.9. The van der Waals surface area contributed by atoms with Crippen LogP contribution in [0, 0.1) is 23.7 Å². The Hall–Kier alpha value is -2.94. The molecule has 3 aromatic rings. The van der Waals surface area contributed by atoms with Crippen molar-refractivity contribution in [1.29, 1.82) is 0 Å². The number of aliphatic carboxylic acids is 1. The molecule has 8 atom stereocenters. The maximum atomic E-state index is 12.1. The van der Waals surface area contributed by atoms with Crippen molar-refractivity contribution in [2.45, 2.75) is 104 Å². The number of halogens is 3. The van der Waals surface area contributed by atoms with Crippen LogP contribution >= 0.6 is 36.4 Å². The zero-order valence-electron chi connectivity index (χ0n) is 31.3. The Labute approximate surface area is 333 Å². The van der Waals surface area contributed by atoms with E-state index in [1.54, 1.807) is 12.3 Å². The highest BCUT2D eigenvalue weighted by Gasteiger charge is 2.69. The molecule has 3 N–H and O–H groups in total. The lowest BCUT2D eigenvalue weighted by Gasteiger charge is -2.59. The summed E-state index contributed by atoms with van der Waals surface area (Å²) in [5.74, 6) is -1.50. The fourth-order valence-corrected chi connectivity index (χ4v) is 8.43. The largest absolute Gasteiger partial charge is 0.508 e. The average molecular weight is 813 g/mol. The molecule has 12 nitrogen and oxygen atoms in total. The molecule has 2 bridgehead atoms. The zero-order chi connectivity index (χ0) is 37.2. The summed E-state index contributed by atoms with van der Waals surface area (Å²) in [4.78, 5) is 41.2. The molecule has 0 unspecified atom stereocenters. The number of nitrogens with one attached hydrogen (secondary N) is 1. The number of hydrogen-bond acceptors (Lipinski definition) is 11. The first kappa shape index (κ1) is 43.8. The van der Waals surface area contributed by atoms with Gasteiger partial charge in [0, 0.05) is 58.3 Å². The van der Waals surface area contributed by atoms with E-state index in [0.717, 1.165) is 66.7 Å². The molecule has 1 aromatic heterocycles. The summed E-state index contributed by atoms with van der Waals surface area (Å²) < 4.78 is 17.8. The molecular formula is C39H52Cl3N3O9. The van der Waals surface area contributed by atoms with Crippen molar-refractivity contribution in [1.82, 2.24) is 9.88 Å². The number of aromatic hydroxyl groups is 1. The maximum absolute atomic E-state index is 12.1. The van der Waals surface area contributed by atoms with Crippen LogP contribution in [0.5, 0.6) is 5.75 Å². The van der Waals surface area contributed by atoms with E-state index >= 15 is 0 Å². The summed E-state index contributed by atoms with van der Waals surface area (Å²) in [5.41, 5.74) is 2.95. The summed E-state index contributed by atoms with van der Waals surface area (Å²) in [6, 6.07) is 13.2. The van der Waals surface area contributed by atoms with Crippen molar-refractivity contribution >= 4 is 70.6 Å². The fraction of sp³-hybridized carbons (Fsp3) is 0.564. The molecule has 8 rings (SSSR count). The number of ether oxygens (including phenoxy) is 3. The lowest BCUT2D eigenvalue weighted by molar-refractivity contribution is -0.576. The number of hydrogen-bond donors (Lipinski definition) is 3. The van der Waals surface area contributed by atoms with E-state index in [2.05, 4.69) is 36.0 Å². The summed E-state index contributed by atoms with van der Waals surface area (Å²) in [5, 5.41) is 24.0. The van der Waals surface area contributed by atoms with Crippen molar-refractivity contribution in [3.05, 3.63) is 59.2 Å². The number of nitrogens with zero attached hydrogens (tertiary/aromatic N) is 2. The van der Waals surface area contributed by atoms with Crippen LogP contribution in [-0.4, -0.2) is 69.1 Å². The Morgan fingerprint density at radius 2 is 1.78 bits per heavy atom. The molecule has 0 amide bonds. The number of pyridine rings is 1. The number of fused-ring (bicyclic) bond motifs is 3. The highest BCUT2D eigenvalue weighted by molar-refractivity contribution is 6.31. The van der Waals surface area contributed by atoms with Crippen molar-refractivity contribution < 1.29 is 43.8 Å². The number of carbonyl (C=O) groups excluding carboxylic acids is 1. The van der Waals surface area contributed by atoms with Gasteiger partial charge in [-0.05, 0) is 93.6 Å². The SMILES string of the molecule is CCN(CC)Cc1cc(Nc2ccnc3cc(Cl)ccc23)ccc1O.C[C@H]1[C@@H](OC(=O)CCC(=O)O)O[C@@H]2O[C@]3(C)CC[C@H]4[C@H](C)CC[C@@H]1[C@@]24OO3.Cl.Cl. The molecule has 5 aliphatic rings. The Balaban J connectivity index is 0.000000233. The van der Waals surface area contributed by atoms with Crippen LogP contribution in [0.4, 0.5) is 11.4 Å². The van der Waals surface area contributed by atoms with Gasteiger partial charge in [-0.15, -0.1) is 24.8 Å². The number of rotatable bonds is 10. The van der Waals surface area contributed by atoms with Crippen molar-refractivity contribution in [3.63, 3.8) is 0 Å². The van der Waals surface area contributed by atoms with Gasteiger partial charge in [0.05, 0.1) is 18.4 Å². The molecular weight excluding hydrogens is 761 g/mol. The minimum atomic E-state index is -1.03. The van der Waals surface area contributed by atoms with Gasteiger partial charge in [-0.25, -0.2) is 9.78 Å². The summed E-state index contributed by atoms with van der Waals surface area (Å²) in [7, 11) is 0. The van der Waals surface area contributed by atoms with E-state index in [1.165, 1.54) is 0 Å². The molecule has 1 spiro atoms. The van der Waals surface area contributed by atoms with Crippen LogP contribution < -0.4 is 5.32 Å². The molecule has 5 heterocycles. The second kappa shape index (κ2) is 18.3. The molecule has 54 heavy (non-hydrogen) atoms. The Kier molecular flexibility index (Phi) is 14.9. The number of aromatic nitrogens is 1. The molecule has 1 aliphatic carbocycles. The van der Waals surface area contributed by atoms with Gasteiger partial charge in [0.1, 0.15) is 5.75 Å². The van der Waals surface area contributed by atoms with E-state index in [1.807, 2.05) is 50.2 Å². The molecule has 5 fully saturated rings. The van der Waals surface area contributed by atoms with Gasteiger partial charge in [-0.1, -0.05) is 39.3 Å². The Morgan fingerprint density at radius 1 is 1.02 bits per heavy atom. The van der Waals surface area contributed by atoms with Crippen molar-refractivity contribution in [2.24, 2.45) is 23.7 Å². The van der Waals surface area contributed by atoms with Crippen LogP contribution in [0.25, 0.3) is 10.9 Å². The summed E-state index contributed by atoms with van der Waals surface area (Å²) in [6.07, 6.45) is 3.48. The van der Waals surface area contributed by atoms with Crippen LogP contribution in [0.2, 0.25) is 5.02 Å². The molecule has 1 saturated carbocycles. The highest BCUT2D eigenvalue weighted by Crippen LogP contribution is 2.60. The monoisotopic (exact) mass is 811 g/mol. The van der Waals surface area contributed by atoms with E-state index in [0.29, 0.717) is 23.1 Å². The lowest BCUT2D eigenvalue weighted by Crippen LogP contribution is -2.70. The van der Waals surface area contributed by atoms with E-state index in [9.17, 15) is 14.7 Å². The molecule has 4 aliphatic heterocycles. The van der Waals surface area contributed by atoms with Gasteiger partial charge in [0.2, 0.25) is 12.1 Å². The number of esters is 1. The van der Waals surface area contributed by atoms with Crippen LogP contribution in [0.1, 0.15) is 78.7 Å². The van der Waals surface area contributed by atoms with Crippen LogP contribution in [0.15, 0.2) is 48.7 Å². The minimum absolute atomic E-state index is 0. The number of carboxylic acids is 1. The van der Waals surface area contributed by atoms with Gasteiger partial charge in [0.25, 0.3) is 0 Å². The van der Waals surface area contributed by atoms with Gasteiger partial charge in [-0.2, -0.15) is 0 Å². The number of carboxylic acid groups (broad SMARTS) is 1.